The lowest BCUT2D eigenvalue weighted by molar-refractivity contribution is -0.122. The Bertz CT molecular complexity index is 910. The van der Waals surface area contributed by atoms with E-state index in [2.05, 4.69) is 21.7 Å². The van der Waals surface area contributed by atoms with Gasteiger partial charge in [0, 0.05) is 13.1 Å². The van der Waals surface area contributed by atoms with Gasteiger partial charge in [-0.3, -0.25) is 9.78 Å². The van der Waals surface area contributed by atoms with Gasteiger partial charge in [0.25, 0.3) is 0 Å². The van der Waals surface area contributed by atoms with Crippen molar-refractivity contribution in [3.8, 4) is 11.5 Å². The number of fused-ring (bicyclic) bond motifs is 1. The first-order valence-corrected chi connectivity index (χ1v) is 9.03. The third-order valence-corrected chi connectivity index (χ3v) is 4.63. The lowest BCUT2D eigenvalue weighted by atomic mass is 9.90. The topological polar surface area (TPSA) is 63.2 Å². The predicted molar refractivity (Wildman–Crippen MR) is 103 cm³/mol. The van der Waals surface area contributed by atoms with Gasteiger partial charge in [0.15, 0.2) is 0 Å². The number of hydrogen-bond acceptors (Lipinski definition) is 4. The maximum atomic E-state index is 12.6. The number of carbonyl (C=O) groups excluding carboxylic acids is 1. The summed E-state index contributed by atoms with van der Waals surface area (Å²) >= 11 is 0. The molecule has 1 atom stereocenters. The third kappa shape index (κ3) is 4.15. The highest BCUT2D eigenvalue weighted by molar-refractivity contribution is 5.84. The van der Waals surface area contributed by atoms with Gasteiger partial charge in [0.05, 0.1) is 24.4 Å². The minimum atomic E-state index is -0.171. The van der Waals surface area contributed by atoms with Crippen LogP contribution in [0.1, 0.15) is 22.7 Å². The van der Waals surface area contributed by atoms with Crippen molar-refractivity contribution in [2.75, 3.05) is 6.54 Å². The van der Waals surface area contributed by atoms with Crippen LogP contribution in [0.2, 0.25) is 0 Å². The standard InChI is InChI=1S/C22H21N3O2/c26-22(21-15-23-12-16-6-4-5-9-20(16)21)25-13-17-10-11-19(14-24-17)27-18-7-2-1-3-8-18/h1-11,14,21,23H,12-13,15H2,(H,25,26). The molecule has 136 valence electrons. The maximum absolute atomic E-state index is 12.6. The number of amides is 1. The lowest BCUT2D eigenvalue weighted by Gasteiger charge is -2.25. The molecule has 1 aliphatic rings. The van der Waals surface area contributed by atoms with Crippen LogP contribution in [-0.2, 0) is 17.9 Å². The van der Waals surface area contributed by atoms with E-state index in [1.54, 1.807) is 6.20 Å². The molecule has 4 rings (SSSR count). The van der Waals surface area contributed by atoms with Crippen LogP contribution in [0, 0.1) is 0 Å². The van der Waals surface area contributed by atoms with Crippen LogP contribution in [0.15, 0.2) is 72.9 Å². The molecule has 0 spiro atoms. The highest BCUT2D eigenvalue weighted by atomic mass is 16.5. The SMILES string of the molecule is O=C(NCc1ccc(Oc2ccccc2)cn1)C1CNCc2ccccc21. The normalized spacial score (nSPS) is 15.6. The molecule has 0 radical (unpaired) electrons. The Balaban J connectivity index is 1.36. The molecule has 5 nitrogen and oxygen atoms in total. The number of pyridine rings is 1. The molecule has 0 aliphatic carbocycles. The molecule has 0 bridgehead atoms. The number of carbonyl (C=O) groups is 1. The molecule has 1 aromatic heterocycles. The minimum absolute atomic E-state index is 0.0149. The van der Waals surface area contributed by atoms with Crippen molar-refractivity contribution < 1.29 is 9.53 Å². The van der Waals surface area contributed by atoms with Crippen LogP contribution < -0.4 is 15.4 Å². The number of benzene rings is 2. The Hall–Kier alpha value is -3.18. The van der Waals surface area contributed by atoms with E-state index in [1.807, 2.05) is 60.7 Å². The average molecular weight is 359 g/mol. The fourth-order valence-electron chi connectivity index (χ4n) is 3.23. The van der Waals surface area contributed by atoms with Gasteiger partial charge in [-0.25, -0.2) is 0 Å². The van der Waals surface area contributed by atoms with Crippen LogP contribution in [0.4, 0.5) is 0 Å². The summed E-state index contributed by atoms with van der Waals surface area (Å²) < 4.78 is 5.74. The van der Waals surface area contributed by atoms with Gasteiger partial charge in [0.1, 0.15) is 11.5 Å². The zero-order valence-corrected chi connectivity index (χ0v) is 14.9. The Labute approximate surface area is 158 Å². The minimum Gasteiger partial charge on any atom is -0.456 e. The van der Waals surface area contributed by atoms with Gasteiger partial charge in [0.2, 0.25) is 5.91 Å². The number of ether oxygens (including phenoxy) is 1. The fraction of sp³-hybridized carbons (Fsp3) is 0.182. The predicted octanol–water partition coefficient (Wildman–Crippen LogP) is 3.38. The van der Waals surface area contributed by atoms with Gasteiger partial charge in [-0.2, -0.15) is 0 Å². The first-order chi connectivity index (χ1) is 13.3. The van der Waals surface area contributed by atoms with Crippen molar-refractivity contribution in [2.24, 2.45) is 0 Å². The van der Waals surface area contributed by atoms with Gasteiger partial charge in [-0.15, -0.1) is 0 Å². The number of hydrogen-bond donors (Lipinski definition) is 2. The summed E-state index contributed by atoms with van der Waals surface area (Å²) in [5, 5.41) is 6.30. The molecule has 0 saturated carbocycles. The summed E-state index contributed by atoms with van der Waals surface area (Å²) in [7, 11) is 0. The molecule has 2 aromatic carbocycles. The van der Waals surface area contributed by atoms with Crippen LogP contribution in [0.3, 0.4) is 0 Å². The fourth-order valence-corrected chi connectivity index (χ4v) is 3.23. The second kappa shape index (κ2) is 8.01. The van der Waals surface area contributed by atoms with Crippen LogP contribution >= 0.6 is 0 Å². The number of rotatable bonds is 5. The van der Waals surface area contributed by atoms with Gasteiger partial charge >= 0.3 is 0 Å². The second-order valence-corrected chi connectivity index (χ2v) is 6.50. The molecule has 2 heterocycles. The number of para-hydroxylation sites is 1. The van der Waals surface area contributed by atoms with E-state index in [1.165, 1.54) is 5.56 Å². The quantitative estimate of drug-likeness (QED) is 0.733. The largest absolute Gasteiger partial charge is 0.456 e. The van der Waals surface area contributed by atoms with E-state index < -0.39 is 0 Å². The van der Waals surface area contributed by atoms with E-state index in [9.17, 15) is 4.79 Å². The van der Waals surface area contributed by atoms with Crippen LogP contribution in [0.25, 0.3) is 0 Å². The second-order valence-electron chi connectivity index (χ2n) is 6.50. The zero-order chi connectivity index (χ0) is 18.5. The Morgan fingerprint density at radius 1 is 1.04 bits per heavy atom. The average Bonchev–Trinajstić information content (AvgIpc) is 2.73. The van der Waals surface area contributed by atoms with Crippen LogP contribution in [-0.4, -0.2) is 17.4 Å². The summed E-state index contributed by atoms with van der Waals surface area (Å²) in [5.41, 5.74) is 3.08. The maximum Gasteiger partial charge on any atom is 0.229 e. The van der Waals surface area contributed by atoms with Crippen molar-refractivity contribution in [1.29, 1.82) is 0 Å². The summed E-state index contributed by atoms with van der Waals surface area (Å²) in [6.45, 7) is 1.85. The molecule has 0 fully saturated rings. The first-order valence-electron chi connectivity index (χ1n) is 9.03. The Morgan fingerprint density at radius 3 is 2.67 bits per heavy atom. The third-order valence-electron chi connectivity index (χ3n) is 4.63. The Kier molecular flexibility index (Phi) is 5.12. The van der Waals surface area contributed by atoms with E-state index in [4.69, 9.17) is 4.74 Å². The van der Waals surface area contributed by atoms with Crippen molar-refractivity contribution in [3.63, 3.8) is 0 Å². The molecule has 1 amide bonds. The smallest absolute Gasteiger partial charge is 0.229 e. The van der Waals surface area contributed by atoms with E-state index in [0.29, 0.717) is 18.8 Å². The van der Waals surface area contributed by atoms with E-state index >= 15 is 0 Å². The molecule has 3 aromatic rings. The van der Waals surface area contributed by atoms with Gasteiger partial charge < -0.3 is 15.4 Å². The molecule has 27 heavy (non-hydrogen) atoms. The molecule has 0 saturated heterocycles. The zero-order valence-electron chi connectivity index (χ0n) is 14.9. The van der Waals surface area contributed by atoms with Gasteiger partial charge in [-0.1, -0.05) is 42.5 Å². The van der Waals surface area contributed by atoms with Crippen LogP contribution in [0.5, 0.6) is 11.5 Å². The number of nitrogens with one attached hydrogen (secondary N) is 2. The summed E-state index contributed by atoms with van der Waals surface area (Å²) in [6.07, 6.45) is 1.67. The highest BCUT2D eigenvalue weighted by Gasteiger charge is 2.25. The highest BCUT2D eigenvalue weighted by Crippen LogP contribution is 2.24. The molecule has 1 unspecified atom stereocenters. The molecule has 2 N–H and O–H groups in total. The van der Waals surface area contributed by atoms with Crippen molar-refractivity contribution >= 4 is 5.91 Å². The number of nitrogens with zero attached hydrogens (tertiary/aromatic N) is 1. The molecular weight excluding hydrogens is 338 g/mol. The summed E-state index contributed by atoms with van der Waals surface area (Å²) in [6, 6.07) is 21.4. The van der Waals surface area contributed by atoms with Gasteiger partial charge in [-0.05, 0) is 35.4 Å². The summed E-state index contributed by atoms with van der Waals surface area (Å²) in [4.78, 5) is 17.0. The first kappa shape index (κ1) is 17.2. The Morgan fingerprint density at radius 2 is 1.85 bits per heavy atom. The van der Waals surface area contributed by atoms with E-state index in [0.717, 1.165) is 23.6 Å². The van der Waals surface area contributed by atoms with E-state index in [-0.39, 0.29) is 11.8 Å². The van der Waals surface area contributed by atoms with Crippen molar-refractivity contribution in [1.82, 2.24) is 15.6 Å². The lowest BCUT2D eigenvalue weighted by Crippen LogP contribution is -2.38. The van der Waals surface area contributed by atoms with Crippen molar-refractivity contribution in [2.45, 2.75) is 19.0 Å². The molecule has 1 aliphatic heterocycles. The molecular formula is C22H21N3O2. The van der Waals surface area contributed by atoms with Crippen molar-refractivity contribution in [3.05, 3.63) is 89.7 Å². The molecule has 5 heteroatoms. The monoisotopic (exact) mass is 359 g/mol. The number of aromatic nitrogens is 1. The summed E-state index contributed by atoms with van der Waals surface area (Å²) in [5.74, 6) is 1.28.